The Balaban J connectivity index is 2.11. The number of benzene rings is 1. The highest BCUT2D eigenvalue weighted by molar-refractivity contribution is 5.85. The lowest BCUT2D eigenvalue weighted by Gasteiger charge is -2.13. The Morgan fingerprint density at radius 1 is 1.40 bits per heavy atom. The number of carboxylic acid groups (broad SMARTS) is 1. The average molecular weight is 276 g/mol. The lowest BCUT2D eigenvalue weighted by molar-refractivity contribution is -0.131. The number of hydrogen-bond donors (Lipinski definition) is 1. The third-order valence-electron chi connectivity index (χ3n) is 3.53. The van der Waals surface area contributed by atoms with Gasteiger partial charge < -0.3 is 14.6 Å². The minimum absolute atomic E-state index is 0.331. The van der Waals surface area contributed by atoms with Crippen LogP contribution in [0.2, 0.25) is 0 Å². The Morgan fingerprint density at radius 2 is 2.15 bits per heavy atom. The molecular formula is C16H20O4. The molecule has 1 aromatic rings. The third kappa shape index (κ3) is 4.10. The van der Waals surface area contributed by atoms with E-state index in [1.54, 1.807) is 13.2 Å². The lowest BCUT2D eigenvalue weighted by Crippen LogP contribution is -2.08. The number of rotatable bonds is 6. The first-order chi connectivity index (χ1) is 9.69. The standard InChI is InChI=1S/C16H20O4/c1-19-15-8-6-12(7-9-16(17)18)13(10-15)11-20-14-4-2-3-5-14/h6-10,14H,2-5,11H2,1H3,(H,17,18). The number of carboxylic acids is 1. The number of carbonyl (C=O) groups is 1. The topological polar surface area (TPSA) is 55.8 Å². The highest BCUT2D eigenvalue weighted by Gasteiger charge is 2.16. The summed E-state index contributed by atoms with van der Waals surface area (Å²) in [5.74, 6) is -0.203. The first kappa shape index (κ1) is 14.6. The molecular weight excluding hydrogens is 256 g/mol. The van der Waals surface area contributed by atoms with Gasteiger partial charge >= 0.3 is 5.97 Å². The number of hydrogen-bond acceptors (Lipinski definition) is 3. The number of methoxy groups -OCH3 is 1. The van der Waals surface area contributed by atoms with Gasteiger partial charge in [0, 0.05) is 6.08 Å². The van der Waals surface area contributed by atoms with Crippen molar-refractivity contribution in [2.45, 2.75) is 38.4 Å². The highest BCUT2D eigenvalue weighted by atomic mass is 16.5. The molecule has 1 aliphatic rings. The predicted molar refractivity (Wildman–Crippen MR) is 76.7 cm³/mol. The molecule has 0 spiro atoms. The predicted octanol–water partition coefficient (Wildman–Crippen LogP) is 3.25. The van der Waals surface area contributed by atoms with E-state index in [-0.39, 0.29) is 0 Å². The molecule has 2 rings (SSSR count). The molecule has 0 saturated heterocycles. The van der Waals surface area contributed by atoms with Crippen molar-refractivity contribution in [2.24, 2.45) is 0 Å². The summed E-state index contributed by atoms with van der Waals surface area (Å²) in [4.78, 5) is 10.6. The van der Waals surface area contributed by atoms with Crippen LogP contribution in [0, 0.1) is 0 Å². The summed E-state index contributed by atoms with van der Waals surface area (Å²) in [5, 5.41) is 8.73. The van der Waals surface area contributed by atoms with Gasteiger partial charge in [0.25, 0.3) is 0 Å². The van der Waals surface area contributed by atoms with E-state index in [4.69, 9.17) is 14.6 Å². The molecule has 0 radical (unpaired) electrons. The zero-order chi connectivity index (χ0) is 14.4. The van der Waals surface area contributed by atoms with Gasteiger partial charge in [0.15, 0.2) is 0 Å². The molecule has 4 heteroatoms. The van der Waals surface area contributed by atoms with Crippen LogP contribution in [0.1, 0.15) is 36.8 Å². The fraction of sp³-hybridized carbons (Fsp3) is 0.438. The maximum Gasteiger partial charge on any atom is 0.328 e. The van der Waals surface area contributed by atoms with Gasteiger partial charge in [-0.1, -0.05) is 18.9 Å². The van der Waals surface area contributed by atoms with Gasteiger partial charge in [0.05, 0.1) is 19.8 Å². The van der Waals surface area contributed by atoms with Crippen LogP contribution in [0.25, 0.3) is 6.08 Å². The molecule has 0 aliphatic heterocycles. The van der Waals surface area contributed by atoms with Gasteiger partial charge in [0.2, 0.25) is 0 Å². The quantitative estimate of drug-likeness (QED) is 0.810. The van der Waals surface area contributed by atoms with Crippen LogP contribution in [-0.4, -0.2) is 24.3 Å². The third-order valence-corrected chi connectivity index (χ3v) is 3.53. The van der Waals surface area contributed by atoms with Crippen LogP contribution in [0.4, 0.5) is 0 Å². The molecule has 0 bridgehead atoms. The second-order valence-corrected chi connectivity index (χ2v) is 4.95. The summed E-state index contributed by atoms with van der Waals surface area (Å²) in [6, 6.07) is 5.57. The second-order valence-electron chi connectivity index (χ2n) is 4.95. The molecule has 1 aliphatic carbocycles. The van der Waals surface area contributed by atoms with Crippen molar-refractivity contribution in [3.8, 4) is 5.75 Å². The highest BCUT2D eigenvalue weighted by Crippen LogP contribution is 2.25. The van der Waals surface area contributed by atoms with Crippen molar-refractivity contribution in [1.82, 2.24) is 0 Å². The Hall–Kier alpha value is -1.81. The Bertz CT molecular complexity index is 487. The van der Waals surface area contributed by atoms with E-state index in [9.17, 15) is 4.79 Å². The van der Waals surface area contributed by atoms with Gasteiger partial charge in [-0.3, -0.25) is 0 Å². The fourth-order valence-electron chi connectivity index (χ4n) is 2.42. The van der Waals surface area contributed by atoms with Crippen molar-refractivity contribution in [3.05, 3.63) is 35.4 Å². The molecule has 1 fully saturated rings. The van der Waals surface area contributed by atoms with Crippen molar-refractivity contribution < 1.29 is 19.4 Å². The Kier molecular flexibility index (Phi) is 5.18. The summed E-state index contributed by atoms with van der Waals surface area (Å²) in [6.07, 6.45) is 7.76. The molecule has 1 saturated carbocycles. The summed E-state index contributed by atoms with van der Waals surface area (Å²) in [7, 11) is 1.61. The van der Waals surface area contributed by atoms with E-state index in [2.05, 4.69) is 0 Å². The molecule has 1 N–H and O–H groups in total. The van der Waals surface area contributed by atoms with Crippen LogP contribution in [-0.2, 0) is 16.1 Å². The zero-order valence-corrected chi connectivity index (χ0v) is 11.7. The van der Waals surface area contributed by atoms with E-state index in [1.807, 2.05) is 18.2 Å². The van der Waals surface area contributed by atoms with E-state index in [1.165, 1.54) is 12.8 Å². The first-order valence-electron chi connectivity index (χ1n) is 6.88. The normalized spacial score (nSPS) is 15.8. The number of aliphatic carboxylic acids is 1. The molecule has 0 aromatic heterocycles. The van der Waals surface area contributed by atoms with Crippen LogP contribution in [0.5, 0.6) is 5.75 Å². The van der Waals surface area contributed by atoms with Crippen molar-refractivity contribution in [3.63, 3.8) is 0 Å². The average Bonchev–Trinajstić information content (AvgIpc) is 2.96. The van der Waals surface area contributed by atoms with Gasteiger partial charge in [-0.25, -0.2) is 4.79 Å². The summed E-state index contributed by atoms with van der Waals surface area (Å²) in [5.41, 5.74) is 1.81. The van der Waals surface area contributed by atoms with E-state index in [0.717, 1.165) is 35.8 Å². The summed E-state index contributed by atoms with van der Waals surface area (Å²) >= 11 is 0. The summed E-state index contributed by atoms with van der Waals surface area (Å²) < 4.78 is 11.1. The minimum Gasteiger partial charge on any atom is -0.497 e. The van der Waals surface area contributed by atoms with Gasteiger partial charge in [-0.05, 0) is 42.2 Å². The molecule has 0 heterocycles. The van der Waals surface area contributed by atoms with Crippen molar-refractivity contribution in [2.75, 3.05) is 7.11 Å². The molecule has 0 atom stereocenters. The van der Waals surface area contributed by atoms with Crippen LogP contribution in [0.15, 0.2) is 24.3 Å². The monoisotopic (exact) mass is 276 g/mol. The number of ether oxygens (including phenoxy) is 2. The van der Waals surface area contributed by atoms with E-state index >= 15 is 0 Å². The van der Waals surface area contributed by atoms with Gasteiger partial charge in [-0.2, -0.15) is 0 Å². The minimum atomic E-state index is -0.955. The largest absolute Gasteiger partial charge is 0.497 e. The first-order valence-corrected chi connectivity index (χ1v) is 6.88. The molecule has 1 aromatic carbocycles. The van der Waals surface area contributed by atoms with Crippen molar-refractivity contribution >= 4 is 12.0 Å². The molecule has 4 nitrogen and oxygen atoms in total. The van der Waals surface area contributed by atoms with Crippen LogP contribution < -0.4 is 4.74 Å². The molecule has 0 amide bonds. The lowest BCUT2D eigenvalue weighted by atomic mass is 10.1. The second kappa shape index (κ2) is 7.10. The van der Waals surface area contributed by atoms with Crippen molar-refractivity contribution in [1.29, 1.82) is 0 Å². The van der Waals surface area contributed by atoms with Gasteiger partial charge in [-0.15, -0.1) is 0 Å². The smallest absolute Gasteiger partial charge is 0.328 e. The van der Waals surface area contributed by atoms with Crippen LogP contribution in [0.3, 0.4) is 0 Å². The summed E-state index contributed by atoms with van der Waals surface area (Å²) in [6.45, 7) is 0.487. The van der Waals surface area contributed by atoms with Crippen LogP contribution >= 0.6 is 0 Å². The molecule has 108 valence electrons. The molecule has 20 heavy (non-hydrogen) atoms. The Morgan fingerprint density at radius 3 is 2.80 bits per heavy atom. The maximum absolute atomic E-state index is 10.6. The zero-order valence-electron chi connectivity index (χ0n) is 11.7. The maximum atomic E-state index is 10.6. The Labute approximate surface area is 119 Å². The molecule has 0 unspecified atom stereocenters. The van der Waals surface area contributed by atoms with E-state index in [0.29, 0.717) is 12.7 Å². The van der Waals surface area contributed by atoms with Gasteiger partial charge in [0.1, 0.15) is 5.75 Å². The fourth-order valence-corrected chi connectivity index (χ4v) is 2.42. The SMILES string of the molecule is COc1ccc(C=CC(=O)O)c(COC2CCCC2)c1. The van der Waals surface area contributed by atoms with E-state index < -0.39 is 5.97 Å².